The quantitative estimate of drug-likeness (QED) is 0.742. The van der Waals surface area contributed by atoms with Crippen LogP contribution in [0.2, 0.25) is 5.02 Å². The summed E-state index contributed by atoms with van der Waals surface area (Å²) in [7, 11) is 0. The van der Waals surface area contributed by atoms with Gasteiger partial charge in [-0.05, 0) is 24.3 Å². The molecule has 0 saturated heterocycles. The van der Waals surface area contributed by atoms with Crippen LogP contribution in [0.4, 0.5) is 10.5 Å². The van der Waals surface area contributed by atoms with Gasteiger partial charge in [-0.3, -0.25) is 0 Å². The molecule has 94 valence electrons. The highest BCUT2D eigenvalue weighted by molar-refractivity contribution is 6.30. The molecule has 6 heteroatoms. The summed E-state index contributed by atoms with van der Waals surface area (Å²) in [4.78, 5) is 13.1. The van der Waals surface area contributed by atoms with Crippen molar-refractivity contribution in [2.45, 2.75) is 0 Å². The Bertz CT molecular complexity index is 350. The lowest BCUT2D eigenvalue weighted by Gasteiger charge is -2.21. The molecule has 0 atom stereocenters. The second kappa shape index (κ2) is 7.11. The van der Waals surface area contributed by atoms with Crippen molar-refractivity contribution < 1.29 is 15.0 Å². The molecule has 0 fully saturated rings. The van der Waals surface area contributed by atoms with Gasteiger partial charge in [0.2, 0.25) is 0 Å². The molecule has 0 radical (unpaired) electrons. The van der Waals surface area contributed by atoms with Crippen LogP contribution in [-0.4, -0.2) is 47.4 Å². The predicted octanol–water partition coefficient (Wildman–Crippen LogP) is 1.16. The van der Waals surface area contributed by atoms with Crippen molar-refractivity contribution in [1.82, 2.24) is 4.90 Å². The van der Waals surface area contributed by atoms with Gasteiger partial charge in [0, 0.05) is 23.8 Å². The van der Waals surface area contributed by atoms with E-state index in [0.29, 0.717) is 10.7 Å². The smallest absolute Gasteiger partial charge is 0.321 e. The van der Waals surface area contributed by atoms with Crippen molar-refractivity contribution in [3.63, 3.8) is 0 Å². The van der Waals surface area contributed by atoms with E-state index in [0.717, 1.165) is 0 Å². The fourth-order valence-electron chi connectivity index (χ4n) is 1.29. The number of anilines is 1. The van der Waals surface area contributed by atoms with Crippen LogP contribution in [0.15, 0.2) is 24.3 Å². The Morgan fingerprint density at radius 2 is 1.71 bits per heavy atom. The standard InChI is InChI=1S/C11H15ClN2O3/c12-9-1-3-10(4-2-9)13-11(17)14(5-7-15)6-8-16/h1-4,15-16H,5-8H2,(H,13,17). The fraction of sp³-hybridized carbons (Fsp3) is 0.364. The Labute approximate surface area is 105 Å². The topological polar surface area (TPSA) is 72.8 Å². The highest BCUT2D eigenvalue weighted by atomic mass is 35.5. The third kappa shape index (κ3) is 4.60. The molecule has 0 unspecified atom stereocenters. The molecule has 1 rings (SSSR count). The zero-order valence-corrected chi connectivity index (χ0v) is 10.0. The van der Waals surface area contributed by atoms with Gasteiger partial charge in [0.25, 0.3) is 0 Å². The summed E-state index contributed by atoms with van der Waals surface area (Å²) in [5.41, 5.74) is 0.611. The first kappa shape index (κ1) is 13.8. The summed E-state index contributed by atoms with van der Waals surface area (Å²) in [6.45, 7) is 0.0715. The Kier molecular flexibility index (Phi) is 5.76. The summed E-state index contributed by atoms with van der Waals surface area (Å²) >= 11 is 5.72. The van der Waals surface area contributed by atoms with E-state index in [1.54, 1.807) is 24.3 Å². The molecular formula is C11H15ClN2O3. The summed E-state index contributed by atoms with van der Waals surface area (Å²) < 4.78 is 0. The van der Waals surface area contributed by atoms with E-state index in [-0.39, 0.29) is 32.3 Å². The molecule has 0 spiro atoms. The molecule has 5 nitrogen and oxygen atoms in total. The Hall–Kier alpha value is -1.30. The number of hydrogen-bond acceptors (Lipinski definition) is 3. The van der Waals surface area contributed by atoms with Crippen LogP contribution in [0.3, 0.4) is 0 Å². The average Bonchev–Trinajstić information content (AvgIpc) is 2.32. The van der Waals surface area contributed by atoms with Crippen LogP contribution >= 0.6 is 11.6 Å². The molecule has 3 N–H and O–H groups in total. The number of halogens is 1. The maximum absolute atomic E-state index is 11.7. The number of carbonyl (C=O) groups excluding carboxylic acids is 1. The number of benzene rings is 1. The zero-order chi connectivity index (χ0) is 12.7. The molecule has 2 amide bonds. The van der Waals surface area contributed by atoms with Gasteiger partial charge in [0.1, 0.15) is 0 Å². The van der Waals surface area contributed by atoms with Crippen LogP contribution in [0.1, 0.15) is 0 Å². The van der Waals surface area contributed by atoms with Gasteiger partial charge in [-0.2, -0.15) is 0 Å². The van der Waals surface area contributed by atoms with Crippen molar-refractivity contribution in [3.8, 4) is 0 Å². The van der Waals surface area contributed by atoms with Crippen LogP contribution in [-0.2, 0) is 0 Å². The van der Waals surface area contributed by atoms with Crippen LogP contribution in [0.25, 0.3) is 0 Å². The molecule has 0 aliphatic rings. The highest BCUT2D eigenvalue weighted by Crippen LogP contribution is 2.13. The average molecular weight is 259 g/mol. The van der Waals surface area contributed by atoms with E-state index in [9.17, 15) is 4.79 Å². The molecular weight excluding hydrogens is 244 g/mol. The molecule has 0 heterocycles. The molecule has 0 saturated carbocycles. The van der Waals surface area contributed by atoms with Crippen LogP contribution in [0, 0.1) is 0 Å². The maximum Gasteiger partial charge on any atom is 0.321 e. The summed E-state index contributed by atoms with van der Waals surface area (Å²) in [6.07, 6.45) is 0. The monoisotopic (exact) mass is 258 g/mol. The molecule has 0 aliphatic carbocycles. The van der Waals surface area contributed by atoms with E-state index in [2.05, 4.69) is 5.32 Å². The fourth-order valence-corrected chi connectivity index (χ4v) is 1.42. The van der Waals surface area contributed by atoms with Gasteiger partial charge in [-0.1, -0.05) is 11.6 Å². The minimum atomic E-state index is -0.365. The summed E-state index contributed by atoms with van der Waals surface area (Å²) in [5, 5.41) is 20.8. The van der Waals surface area contributed by atoms with Crippen molar-refractivity contribution >= 4 is 23.3 Å². The van der Waals surface area contributed by atoms with Gasteiger partial charge in [0.15, 0.2) is 0 Å². The zero-order valence-electron chi connectivity index (χ0n) is 9.27. The second-order valence-electron chi connectivity index (χ2n) is 3.37. The normalized spacial score (nSPS) is 10.1. The Balaban J connectivity index is 2.59. The first-order chi connectivity index (χ1) is 8.17. The van der Waals surface area contributed by atoms with Crippen molar-refractivity contribution in [3.05, 3.63) is 29.3 Å². The van der Waals surface area contributed by atoms with Gasteiger partial charge in [-0.25, -0.2) is 4.79 Å². The molecule has 0 aromatic heterocycles. The molecule has 1 aromatic carbocycles. The minimum Gasteiger partial charge on any atom is -0.395 e. The number of nitrogens with zero attached hydrogens (tertiary/aromatic N) is 1. The lowest BCUT2D eigenvalue weighted by atomic mass is 10.3. The molecule has 0 bridgehead atoms. The van der Waals surface area contributed by atoms with Gasteiger partial charge in [-0.15, -0.1) is 0 Å². The number of nitrogens with one attached hydrogen (secondary N) is 1. The van der Waals surface area contributed by atoms with E-state index < -0.39 is 0 Å². The van der Waals surface area contributed by atoms with Gasteiger partial charge < -0.3 is 20.4 Å². The summed E-state index contributed by atoms with van der Waals surface area (Å²) in [5.74, 6) is 0. The largest absolute Gasteiger partial charge is 0.395 e. The van der Waals surface area contributed by atoms with E-state index >= 15 is 0 Å². The van der Waals surface area contributed by atoms with Crippen LogP contribution in [0.5, 0.6) is 0 Å². The van der Waals surface area contributed by atoms with Crippen molar-refractivity contribution in [2.75, 3.05) is 31.6 Å². The van der Waals surface area contributed by atoms with Crippen LogP contribution < -0.4 is 5.32 Å². The van der Waals surface area contributed by atoms with Crippen molar-refractivity contribution in [2.24, 2.45) is 0 Å². The van der Waals surface area contributed by atoms with E-state index in [1.165, 1.54) is 4.90 Å². The first-order valence-corrected chi connectivity index (χ1v) is 5.58. The van der Waals surface area contributed by atoms with Crippen molar-refractivity contribution in [1.29, 1.82) is 0 Å². The second-order valence-corrected chi connectivity index (χ2v) is 3.81. The number of amides is 2. The third-order valence-corrected chi connectivity index (χ3v) is 2.37. The van der Waals surface area contributed by atoms with E-state index in [4.69, 9.17) is 21.8 Å². The maximum atomic E-state index is 11.7. The number of rotatable bonds is 5. The highest BCUT2D eigenvalue weighted by Gasteiger charge is 2.11. The summed E-state index contributed by atoms with van der Waals surface area (Å²) in [6, 6.07) is 6.32. The number of carbonyl (C=O) groups is 1. The first-order valence-electron chi connectivity index (χ1n) is 5.20. The number of aliphatic hydroxyl groups is 2. The number of aliphatic hydroxyl groups excluding tert-OH is 2. The Morgan fingerprint density at radius 1 is 1.18 bits per heavy atom. The lowest BCUT2D eigenvalue weighted by Crippen LogP contribution is -2.38. The lowest BCUT2D eigenvalue weighted by molar-refractivity contribution is 0.167. The third-order valence-electron chi connectivity index (χ3n) is 2.12. The van der Waals surface area contributed by atoms with E-state index in [1.807, 2.05) is 0 Å². The molecule has 0 aliphatic heterocycles. The SMILES string of the molecule is O=C(Nc1ccc(Cl)cc1)N(CCO)CCO. The molecule has 1 aromatic rings. The number of hydrogen-bond donors (Lipinski definition) is 3. The van der Waals surface area contributed by atoms with Gasteiger partial charge in [0.05, 0.1) is 13.2 Å². The predicted molar refractivity (Wildman–Crippen MR) is 66.2 cm³/mol. The minimum absolute atomic E-state index is 0.145. The number of urea groups is 1. The molecule has 17 heavy (non-hydrogen) atoms. The van der Waals surface area contributed by atoms with Gasteiger partial charge >= 0.3 is 6.03 Å². The Morgan fingerprint density at radius 3 is 2.18 bits per heavy atom.